The van der Waals surface area contributed by atoms with E-state index in [1.807, 2.05) is 18.2 Å². The van der Waals surface area contributed by atoms with E-state index in [1.165, 1.54) is 18.4 Å². The van der Waals surface area contributed by atoms with Gasteiger partial charge in [0.25, 0.3) is 5.56 Å². The molecule has 1 saturated carbocycles. The number of aromatic amines is 1. The van der Waals surface area contributed by atoms with Gasteiger partial charge in [0.15, 0.2) is 0 Å². The van der Waals surface area contributed by atoms with Gasteiger partial charge in [-0.1, -0.05) is 24.3 Å². The molecule has 2 aromatic rings. The number of sulfonamides is 1. The molecule has 30 heavy (non-hydrogen) atoms. The van der Waals surface area contributed by atoms with Crippen LogP contribution < -0.4 is 10.9 Å². The zero-order valence-corrected chi connectivity index (χ0v) is 17.8. The summed E-state index contributed by atoms with van der Waals surface area (Å²) in [4.78, 5) is 27.4. The minimum Gasteiger partial charge on any atom is -0.350 e. The number of hydrogen-bond donors (Lipinski definition) is 2. The molecule has 158 valence electrons. The van der Waals surface area contributed by atoms with Gasteiger partial charge < -0.3 is 10.3 Å². The van der Waals surface area contributed by atoms with Crippen LogP contribution in [0.1, 0.15) is 48.4 Å². The van der Waals surface area contributed by atoms with Crippen molar-refractivity contribution >= 4 is 21.5 Å². The first-order valence-electron chi connectivity index (χ1n) is 10.0. The topological polar surface area (TPSA) is 99.3 Å². The Morgan fingerprint density at radius 3 is 2.27 bits per heavy atom. The lowest BCUT2D eigenvalue weighted by Gasteiger charge is -2.15. The fourth-order valence-corrected chi connectivity index (χ4v) is 4.58. The van der Waals surface area contributed by atoms with Crippen LogP contribution in [0.4, 0.5) is 0 Å². The third-order valence-corrected chi connectivity index (χ3v) is 7.42. The summed E-state index contributed by atoms with van der Waals surface area (Å²) in [5, 5.41) is 2.92. The first-order chi connectivity index (χ1) is 14.3. The second kappa shape index (κ2) is 7.85. The lowest BCUT2D eigenvalue weighted by molar-refractivity contribution is -0.119. The lowest BCUT2D eigenvalue weighted by atomic mass is 9.98. The Morgan fingerprint density at radius 1 is 1.03 bits per heavy atom. The number of aromatic nitrogens is 1. The van der Waals surface area contributed by atoms with Crippen molar-refractivity contribution in [3.63, 3.8) is 0 Å². The van der Waals surface area contributed by atoms with Crippen LogP contribution >= 0.6 is 0 Å². The van der Waals surface area contributed by atoms with Gasteiger partial charge in [-0.3, -0.25) is 9.59 Å². The van der Waals surface area contributed by atoms with E-state index >= 15 is 0 Å². The molecule has 0 radical (unpaired) electrons. The molecule has 0 unspecified atom stereocenters. The molecule has 2 fully saturated rings. The van der Waals surface area contributed by atoms with Gasteiger partial charge in [-0.15, -0.1) is 0 Å². The number of benzene rings is 1. The molecule has 1 aromatic heterocycles. The monoisotopic (exact) mass is 427 g/mol. The van der Waals surface area contributed by atoms with Crippen molar-refractivity contribution < 1.29 is 13.2 Å². The fourth-order valence-electron chi connectivity index (χ4n) is 3.68. The van der Waals surface area contributed by atoms with Gasteiger partial charge in [0.2, 0.25) is 15.9 Å². The molecule has 7 nitrogen and oxygen atoms in total. The number of pyridine rings is 1. The van der Waals surface area contributed by atoms with Crippen molar-refractivity contribution in [3.8, 4) is 0 Å². The number of amides is 1. The van der Waals surface area contributed by atoms with E-state index in [0.717, 1.165) is 29.5 Å². The number of nitrogens with one attached hydrogen (secondary N) is 2. The Bertz CT molecular complexity index is 1160. The largest absolute Gasteiger partial charge is 0.350 e. The quantitative estimate of drug-likeness (QED) is 0.738. The molecule has 0 bridgehead atoms. The summed E-state index contributed by atoms with van der Waals surface area (Å²) in [6.45, 7) is 0. The molecule has 1 aromatic carbocycles. The Labute approximate surface area is 175 Å². The van der Waals surface area contributed by atoms with E-state index in [1.54, 1.807) is 24.3 Å². The molecule has 2 heterocycles. The van der Waals surface area contributed by atoms with Gasteiger partial charge in [0.1, 0.15) is 0 Å². The van der Waals surface area contributed by atoms with Crippen molar-refractivity contribution in [2.45, 2.75) is 42.5 Å². The highest BCUT2D eigenvalue weighted by molar-refractivity contribution is 7.89. The predicted octanol–water partition coefficient (Wildman–Crippen LogP) is 2.21. The highest BCUT2D eigenvalue weighted by Gasteiger charge is 2.27. The Morgan fingerprint density at radius 2 is 1.73 bits per heavy atom. The van der Waals surface area contributed by atoms with E-state index in [-0.39, 0.29) is 22.4 Å². The molecule has 1 atom stereocenters. The summed E-state index contributed by atoms with van der Waals surface area (Å²) >= 11 is 0. The fraction of sp³-hybridized carbons (Fsp3) is 0.364. The molecule has 1 saturated heterocycles. The van der Waals surface area contributed by atoms with Gasteiger partial charge in [-0.25, -0.2) is 12.7 Å². The van der Waals surface area contributed by atoms with Crippen LogP contribution in [0.25, 0.3) is 5.57 Å². The maximum atomic E-state index is 12.6. The summed E-state index contributed by atoms with van der Waals surface area (Å²) in [5.74, 6) is 0.348. The molecular weight excluding hydrogens is 402 g/mol. The van der Waals surface area contributed by atoms with E-state index in [4.69, 9.17) is 0 Å². The van der Waals surface area contributed by atoms with Crippen molar-refractivity contribution in [3.05, 3.63) is 69.6 Å². The molecule has 8 heteroatoms. The number of rotatable bonds is 6. The number of carbonyl (C=O) groups is 1. The summed E-state index contributed by atoms with van der Waals surface area (Å²) < 4.78 is 25.9. The first-order valence-corrected chi connectivity index (χ1v) is 11.5. The van der Waals surface area contributed by atoms with E-state index < -0.39 is 10.0 Å². The van der Waals surface area contributed by atoms with Crippen LogP contribution in [-0.4, -0.2) is 43.8 Å². The zero-order valence-electron chi connectivity index (χ0n) is 17.0. The number of hydrogen-bond acceptors (Lipinski definition) is 4. The standard InChI is InChI=1S/C22H25N3O4S/c1-25(2)30(28,29)17-8-5-15(6-9-17)19(13-16-7-12-21(26)23-16)20-11-10-18(14-3-4-14)22(27)24-20/h5-6,8-11,13-14,16H,3-4,7,12H2,1-2H3,(H,23,26)(H,24,27)/t16-/m1/s1. The van der Waals surface area contributed by atoms with Crippen LogP contribution in [0.5, 0.6) is 0 Å². The first kappa shape index (κ1) is 20.6. The van der Waals surface area contributed by atoms with Crippen LogP contribution in [-0.2, 0) is 14.8 Å². The van der Waals surface area contributed by atoms with Gasteiger partial charge in [0.05, 0.1) is 4.90 Å². The number of carbonyl (C=O) groups excluding carboxylic acids is 1. The third kappa shape index (κ3) is 4.11. The predicted molar refractivity (Wildman–Crippen MR) is 115 cm³/mol. The van der Waals surface area contributed by atoms with Gasteiger partial charge in [-0.2, -0.15) is 0 Å². The van der Waals surface area contributed by atoms with Crippen molar-refractivity contribution in [1.29, 1.82) is 0 Å². The molecule has 2 aliphatic rings. The van der Waals surface area contributed by atoms with E-state index in [0.29, 0.717) is 24.5 Å². The number of nitrogens with zero attached hydrogens (tertiary/aromatic N) is 1. The van der Waals surface area contributed by atoms with Gasteiger partial charge in [-0.05, 0) is 48.9 Å². The van der Waals surface area contributed by atoms with Gasteiger partial charge in [0, 0.05) is 43.4 Å². The molecule has 2 N–H and O–H groups in total. The van der Waals surface area contributed by atoms with E-state index in [2.05, 4.69) is 10.3 Å². The Kier molecular flexibility index (Phi) is 5.38. The lowest BCUT2D eigenvalue weighted by Crippen LogP contribution is -2.24. The van der Waals surface area contributed by atoms with Crippen molar-refractivity contribution in [2.75, 3.05) is 14.1 Å². The summed E-state index contributed by atoms with van der Waals surface area (Å²) in [7, 11) is -0.550. The van der Waals surface area contributed by atoms with Crippen LogP contribution in [0.3, 0.4) is 0 Å². The summed E-state index contributed by atoms with van der Waals surface area (Å²) in [5.41, 5.74) is 2.88. The highest BCUT2D eigenvalue weighted by Crippen LogP contribution is 2.38. The zero-order chi connectivity index (χ0) is 21.5. The smallest absolute Gasteiger partial charge is 0.251 e. The minimum absolute atomic E-state index is 0.000555. The normalized spacial score (nSPS) is 19.9. The van der Waals surface area contributed by atoms with Crippen molar-refractivity contribution in [2.24, 2.45) is 0 Å². The van der Waals surface area contributed by atoms with Crippen molar-refractivity contribution in [1.82, 2.24) is 14.6 Å². The average Bonchev–Trinajstić information content (AvgIpc) is 3.47. The molecular formula is C22H25N3O4S. The maximum absolute atomic E-state index is 12.6. The minimum atomic E-state index is -3.53. The average molecular weight is 428 g/mol. The SMILES string of the molecule is CN(C)S(=O)(=O)c1ccc(C(=C[C@H]2CCC(=O)N2)c2ccc(C3CC3)c(=O)[nH]2)cc1. The molecule has 0 spiro atoms. The van der Waals surface area contributed by atoms with E-state index in [9.17, 15) is 18.0 Å². The number of H-pyrrole nitrogens is 1. The second-order valence-corrected chi connectivity index (χ2v) is 10.2. The van der Waals surface area contributed by atoms with Crippen LogP contribution in [0, 0.1) is 0 Å². The molecule has 1 aliphatic carbocycles. The Hall–Kier alpha value is -2.71. The molecule has 4 rings (SSSR count). The summed E-state index contributed by atoms with van der Waals surface area (Å²) in [6, 6.07) is 10.2. The third-order valence-electron chi connectivity index (χ3n) is 5.59. The summed E-state index contributed by atoms with van der Waals surface area (Å²) in [6.07, 6.45) is 5.16. The molecule has 1 amide bonds. The highest BCUT2D eigenvalue weighted by atomic mass is 32.2. The molecule has 1 aliphatic heterocycles. The van der Waals surface area contributed by atoms with Crippen LogP contribution in [0.2, 0.25) is 0 Å². The Balaban J connectivity index is 1.74. The maximum Gasteiger partial charge on any atom is 0.251 e. The van der Waals surface area contributed by atoms with Gasteiger partial charge >= 0.3 is 0 Å². The van der Waals surface area contributed by atoms with Crippen LogP contribution in [0.15, 0.2) is 52.2 Å². The second-order valence-electron chi connectivity index (χ2n) is 8.04.